The predicted octanol–water partition coefficient (Wildman–Crippen LogP) is 5.11. The van der Waals surface area contributed by atoms with Gasteiger partial charge in [-0.3, -0.25) is 0 Å². The van der Waals surface area contributed by atoms with Crippen LogP contribution in [0.15, 0.2) is 53.1 Å². The van der Waals surface area contributed by atoms with Crippen LogP contribution in [0.5, 0.6) is 0 Å². The van der Waals surface area contributed by atoms with Crippen LogP contribution >= 0.6 is 11.6 Å². The molecular weight excluding hydrogens is 277 g/mol. The minimum atomic E-state index is -0.462. The summed E-state index contributed by atoms with van der Waals surface area (Å²) in [5.74, 6) is -0.314. The van der Waals surface area contributed by atoms with Crippen LogP contribution in [-0.4, -0.2) is 5.16 Å². The molecule has 2 nitrogen and oxygen atoms in total. The van der Waals surface area contributed by atoms with E-state index in [9.17, 15) is 4.39 Å². The molecule has 2 aromatic carbocycles. The molecule has 0 saturated heterocycles. The van der Waals surface area contributed by atoms with Gasteiger partial charge in [-0.2, -0.15) is 0 Å². The highest BCUT2D eigenvalue weighted by Gasteiger charge is 2.18. The fourth-order valence-electron chi connectivity index (χ4n) is 1.95. The molecule has 0 fully saturated rings. The molecule has 0 bridgehead atoms. The monoisotopic (exact) mass is 287 g/mol. The first-order valence-electron chi connectivity index (χ1n) is 6.13. The number of benzene rings is 2. The van der Waals surface area contributed by atoms with Gasteiger partial charge in [0.1, 0.15) is 5.69 Å². The maximum atomic E-state index is 14.4. The summed E-state index contributed by atoms with van der Waals surface area (Å²) in [5, 5.41) is 4.42. The summed E-state index contributed by atoms with van der Waals surface area (Å²) in [6.07, 6.45) is 0. The van der Waals surface area contributed by atoms with E-state index in [2.05, 4.69) is 5.16 Å². The second-order valence-electron chi connectivity index (χ2n) is 4.55. The number of aromatic nitrogens is 1. The molecule has 1 aromatic heterocycles. The van der Waals surface area contributed by atoms with Crippen molar-refractivity contribution < 1.29 is 8.91 Å². The van der Waals surface area contributed by atoms with Crippen LogP contribution in [0.25, 0.3) is 22.6 Å². The topological polar surface area (TPSA) is 26.0 Å². The van der Waals surface area contributed by atoms with E-state index < -0.39 is 5.82 Å². The third kappa shape index (κ3) is 2.32. The molecule has 0 amide bonds. The SMILES string of the molecule is Cc1ccc(-c2onc(-c3ccc(Cl)cc3)c2F)cc1. The van der Waals surface area contributed by atoms with Gasteiger partial charge in [-0.05, 0) is 19.1 Å². The zero-order chi connectivity index (χ0) is 14.1. The molecule has 1 heterocycles. The molecule has 20 heavy (non-hydrogen) atoms. The highest BCUT2D eigenvalue weighted by Crippen LogP contribution is 2.31. The van der Waals surface area contributed by atoms with Gasteiger partial charge in [0.05, 0.1) is 0 Å². The van der Waals surface area contributed by atoms with Crippen LogP contribution in [0.3, 0.4) is 0 Å². The van der Waals surface area contributed by atoms with E-state index in [0.717, 1.165) is 5.56 Å². The van der Waals surface area contributed by atoms with Crippen LogP contribution < -0.4 is 0 Å². The number of nitrogens with zero attached hydrogens (tertiary/aromatic N) is 1. The lowest BCUT2D eigenvalue weighted by atomic mass is 10.1. The summed E-state index contributed by atoms with van der Waals surface area (Å²) < 4.78 is 19.6. The normalized spacial score (nSPS) is 10.8. The third-order valence-electron chi connectivity index (χ3n) is 3.07. The second kappa shape index (κ2) is 5.10. The smallest absolute Gasteiger partial charge is 0.203 e. The fraction of sp³-hybridized carbons (Fsp3) is 0.0625. The Kier molecular flexibility index (Phi) is 3.28. The van der Waals surface area contributed by atoms with E-state index in [0.29, 0.717) is 16.1 Å². The van der Waals surface area contributed by atoms with Crippen molar-refractivity contribution in [1.29, 1.82) is 0 Å². The van der Waals surface area contributed by atoms with Gasteiger partial charge >= 0.3 is 0 Å². The number of hydrogen-bond acceptors (Lipinski definition) is 2. The first-order valence-corrected chi connectivity index (χ1v) is 6.51. The molecule has 0 aliphatic carbocycles. The molecule has 3 aromatic rings. The van der Waals surface area contributed by atoms with Crippen molar-refractivity contribution >= 4 is 11.6 Å². The summed E-state index contributed by atoms with van der Waals surface area (Å²) in [5.41, 5.74) is 2.60. The molecule has 0 spiro atoms. The first-order chi connectivity index (χ1) is 9.65. The number of aryl methyl sites for hydroxylation is 1. The van der Waals surface area contributed by atoms with Crippen molar-refractivity contribution in [3.8, 4) is 22.6 Å². The Labute approximate surface area is 120 Å². The lowest BCUT2D eigenvalue weighted by Crippen LogP contribution is -1.83. The van der Waals surface area contributed by atoms with Crippen LogP contribution in [0.1, 0.15) is 5.56 Å². The lowest BCUT2D eigenvalue weighted by Gasteiger charge is -1.98. The second-order valence-corrected chi connectivity index (χ2v) is 4.98. The molecule has 0 atom stereocenters. The van der Waals surface area contributed by atoms with Gasteiger partial charge in [-0.25, -0.2) is 4.39 Å². The Morgan fingerprint density at radius 1 is 0.950 bits per heavy atom. The summed E-state index contributed by atoms with van der Waals surface area (Å²) in [4.78, 5) is 0. The summed E-state index contributed by atoms with van der Waals surface area (Å²) >= 11 is 5.82. The molecule has 0 aliphatic heterocycles. The quantitative estimate of drug-likeness (QED) is 0.654. The minimum Gasteiger partial charge on any atom is -0.352 e. The maximum absolute atomic E-state index is 14.4. The highest BCUT2D eigenvalue weighted by atomic mass is 35.5. The van der Waals surface area contributed by atoms with Crippen LogP contribution in [0.4, 0.5) is 4.39 Å². The van der Waals surface area contributed by atoms with E-state index in [1.165, 1.54) is 0 Å². The Morgan fingerprint density at radius 2 is 1.55 bits per heavy atom. The molecule has 3 rings (SSSR count). The average Bonchev–Trinajstić information content (AvgIpc) is 2.83. The van der Waals surface area contributed by atoms with Crippen molar-refractivity contribution in [3.05, 3.63) is 64.9 Å². The van der Waals surface area contributed by atoms with E-state index in [-0.39, 0.29) is 11.5 Å². The van der Waals surface area contributed by atoms with Crippen molar-refractivity contribution in [2.45, 2.75) is 6.92 Å². The van der Waals surface area contributed by atoms with E-state index >= 15 is 0 Å². The van der Waals surface area contributed by atoms with Gasteiger partial charge in [0, 0.05) is 16.1 Å². The van der Waals surface area contributed by atoms with Crippen molar-refractivity contribution in [2.75, 3.05) is 0 Å². The van der Waals surface area contributed by atoms with Gasteiger partial charge in [-0.1, -0.05) is 58.7 Å². The van der Waals surface area contributed by atoms with E-state index in [1.54, 1.807) is 24.3 Å². The number of halogens is 2. The van der Waals surface area contributed by atoms with Gasteiger partial charge in [0.25, 0.3) is 0 Å². The van der Waals surface area contributed by atoms with Crippen molar-refractivity contribution in [2.24, 2.45) is 0 Å². The minimum absolute atomic E-state index is 0.148. The Bertz CT molecular complexity index is 669. The van der Waals surface area contributed by atoms with Crippen molar-refractivity contribution in [3.63, 3.8) is 0 Å². The molecule has 0 aliphatic rings. The Hall–Kier alpha value is -2.13. The molecule has 0 N–H and O–H groups in total. The first kappa shape index (κ1) is 12.9. The van der Waals surface area contributed by atoms with Gasteiger partial charge in [0.2, 0.25) is 5.76 Å². The molecule has 0 unspecified atom stereocenters. The molecule has 100 valence electrons. The van der Waals surface area contributed by atoms with Crippen LogP contribution in [-0.2, 0) is 0 Å². The van der Waals surface area contributed by atoms with Crippen molar-refractivity contribution in [1.82, 2.24) is 5.16 Å². The van der Waals surface area contributed by atoms with E-state index in [4.69, 9.17) is 16.1 Å². The summed E-state index contributed by atoms with van der Waals surface area (Å²) in [6.45, 7) is 1.97. The molecular formula is C16H11ClFNO. The molecule has 0 saturated carbocycles. The fourth-order valence-corrected chi connectivity index (χ4v) is 2.08. The summed E-state index contributed by atoms with van der Waals surface area (Å²) in [6, 6.07) is 14.2. The number of rotatable bonds is 2. The highest BCUT2D eigenvalue weighted by molar-refractivity contribution is 6.30. The Morgan fingerprint density at radius 3 is 2.20 bits per heavy atom. The lowest BCUT2D eigenvalue weighted by molar-refractivity contribution is 0.429. The molecule has 4 heteroatoms. The summed E-state index contributed by atoms with van der Waals surface area (Å²) in [7, 11) is 0. The number of hydrogen-bond donors (Lipinski definition) is 0. The maximum Gasteiger partial charge on any atom is 0.203 e. The van der Waals surface area contributed by atoms with Gasteiger partial charge in [0.15, 0.2) is 5.82 Å². The van der Waals surface area contributed by atoms with E-state index in [1.807, 2.05) is 31.2 Å². The Balaban J connectivity index is 2.04. The predicted molar refractivity (Wildman–Crippen MR) is 77.1 cm³/mol. The average molecular weight is 288 g/mol. The largest absolute Gasteiger partial charge is 0.352 e. The van der Waals surface area contributed by atoms with Crippen LogP contribution in [0, 0.1) is 12.7 Å². The van der Waals surface area contributed by atoms with Gasteiger partial charge < -0.3 is 4.52 Å². The standard InChI is InChI=1S/C16H11ClFNO/c1-10-2-4-12(5-3-10)16-14(18)15(19-20-16)11-6-8-13(17)9-7-11/h2-9H,1H3. The molecule has 0 radical (unpaired) electrons. The zero-order valence-electron chi connectivity index (χ0n) is 10.7. The zero-order valence-corrected chi connectivity index (χ0v) is 11.5. The van der Waals surface area contributed by atoms with Crippen LogP contribution in [0.2, 0.25) is 5.02 Å². The van der Waals surface area contributed by atoms with Gasteiger partial charge in [-0.15, -0.1) is 0 Å². The third-order valence-corrected chi connectivity index (χ3v) is 3.32.